The number of thioether (sulfide) groups is 2. The number of methoxy groups -OCH3 is 1. The van der Waals surface area contributed by atoms with Crippen molar-refractivity contribution in [3.8, 4) is 5.75 Å². The van der Waals surface area contributed by atoms with Crippen LogP contribution in [0.5, 0.6) is 5.75 Å². The topological polar surface area (TPSA) is 54.3 Å². The fourth-order valence-electron chi connectivity index (χ4n) is 2.82. The summed E-state index contributed by atoms with van der Waals surface area (Å²) in [6.07, 6.45) is 0. The smallest absolute Gasteiger partial charge is 0.269 e. The van der Waals surface area contributed by atoms with Gasteiger partial charge in [-0.15, -0.1) is 0 Å². The van der Waals surface area contributed by atoms with Crippen molar-refractivity contribution >= 4 is 85.9 Å². The first-order valence-corrected chi connectivity index (χ1v) is 11.4. The summed E-state index contributed by atoms with van der Waals surface area (Å²) in [5.74, 6) is 1.46. The van der Waals surface area contributed by atoms with Gasteiger partial charge in [-0.2, -0.15) is 4.99 Å². The highest BCUT2D eigenvalue weighted by Gasteiger charge is 2.43. The summed E-state index contributed by atoms with van der Waals surface area (Å²) in [5.41, 5.74) is 1.71. The fraction of sp³-hybridized carbons (Fsp3) is 0.158. The molecule has 29 heavy (non-hydrogen) atoms. The minimum absolute atomic E-state index is 0.274. The van der Waals surface area contributed by atoms with Crippen LogP contribution in [0.1, 0.15) is 5.56 Å². The van der Waals surface area contributed by atoms with Gasteiger partial charge in [0.25, 0.3) is 5.91 Å². The molecule has 2 aliphatic rings. The number of amidine groups is 2. The molecule has 0 radical (unpaired) electrons. The summed E-state index contributed by atoms with van der Waals surface area (Å²) in [4.78, 5) is 23.1. The molecule has 0 aromatic heterocycles. The van der Waals surface area contributed by atoms with E-state index in [1.165, 1.54) is 23.5 Å². The maximum absolute atomic E-state index is 12.6. The van der Waals surface area contributed by atoms with Crippen LogP contribution in [0.3, 0.4) is 0 Å². The van der Waals surface area contributed by atoms with E-state index >= 15 is 0 Å². The van der Waals surface area contributed by atoms with Crippen molar-refractivity contribution in [2.24, 2.45) is 9.98 Å². The molecule has 0 bridgehead atoms. The molecule has 1 amide bonds. The molecule has 1 saturated heterocycles. The molecule has 1 fully saturated rings. The summed E-state index contributed by atoms with van der Waals surface area (Å²) >= 11 is 20.3. The Kier molecular flexibility index (Phi) is 6.17. The minimum atomic E-state index is -0.564. The number of ether oxygens (including phenoxy) is 1. The van der Waals surface area contributed by atoms with Crippen molar-refractivity contribution < 1.29 is 9.53 Å². The van der Waals surface area contributed by atoms with E-state index in [0.717, 1.165) is 5.56 Å². The molecule has 2 aliphatic heterocycles. The normalized spacial score (nSPS) is 18.4. The van der Waals surface area contributed by atoms with Crippen molar-refractivity contribution in [1.29, 1.82) is 0 Å². The third kappa shape index (κ3) is 4.32. The summed E-state index contributed by atoms with van der Waals surface area (Å²) < 4.78 is 5.96. The Morgan fingerprint density at radius 3 is 2.62 bits per heavy atom. The van der Waals surface area contributed by atoms with Crippen LogP contribution < -0.4 is 9.64 Å². The Morgan fingerprint density at radius 1 is 1.17 bits per heavy atom. The van der Waals surface area contributed by atoms with E-state index in [4.69, 9.17) is 40.2 Å². The lowest BCUT2D eigenvalue weighted by Crippen LogP contribution is -2.37. The number of anilines is 1. The Morgan fingerprint density at radius 2 is 1.90 bits per heavy atom. The van der Waals surface area contributed by atoms with E-state index in [0.29, 0.717) is 42.6 Å². The molecule has 148 valence electrons. The Labute approximate surface area is 191 Å². The second-order valence-electron chi connectivity index (χ2n) is 6.03. The van der Waals surface area contributed by atoms with Gasteiger partial charge in [-0.05, 0) is 35.9 Å². The summed E-state index contributed by atoms with van der Waals surface area (Å²) in [7, 11) is 1.57. The van der Waals surface area contributed by atoms with Crippen molar-refractivity contribution in [3.05, 3.63) is 58.1 Å². The summed E-state index contributed by atoms with van der Waals surface area (Å²) in [6.45, 7) is 0. The van der Waals surface area contributed by atoms with Gasteiger partial charge in [-0.3, -0.25) is 9.69 Å². The number of aliphatic imine (C=N–C) groups is 2. The highest BCUT2D eigenvalue weighted by Crippen LogP contribution is 2.41. The molecule has 2 heterocycles. The molecular weight excluding hydrogens is 469 g/mol. The number of halogens is 2. The predicted octanol–water partition coefficient (Wildman–Crippen LogP) is 5.44. The van der Waals surface area contributed by atoms with Crippen molar-refractivity contribution in [2.75, 3.05) is 12.0 Å². The zero-order valence-corrected chi connectivity index (χ0v) is 18.9. The van der Waals surface area contributed by atoms with Crippen LogP contribution in [0.4, 0.5) is 5.69 Å². The molecule has 4 rings (SSSR count). The van der Waals surface area contributed by atoms with E-state index in [2.05, 4.69) is 9.98 Å². The van der Waals surface area contributed by atoms with Crippen molar-refractivity contribution in [3.63, 3.8) is 0 Å². The van der Waals surface area contributed by atoms with Gasteiger partial charge in [0.2, 0.25) is 0 Å². The number of thiocarbonyl (C=S) groups is 1. The lowest BCUT2D eigenvalue weighted by molar-refractivity contribution is -0.116. The zero-order valence-electron chi connectivity index (χ0n) is 15.0. The molecule has 10 heteroatoms. The van der Waals surface area contributed by atoms with E-state index in [9.17, 15) is 4.79 Å². The highest BCUT2D eigenvalue weighted by atomic mass is 35.5. The quantitative estimate of drug-likeness (QED) is 0.542. The van der Waals surface area contributed by atoms with Crippen LogP contribution in [0.2, 0.25) is 10.0 Å². The first kappa shape index (κ1) is 20.7. The Bertz CT molecular complexity index is 1060. The highest BCUT2D eigenvalue weighted by molar-refractivity contribution is 8.25. The van der Waals surface area contributed by atoms with Gasteiger partial charge in [0.15, 0.2) is 10.4 Å². The monoisotopic (exact) mass is 481 g/mol. The van der Waals surface area contributed by atoms with Crippen molar-refractivity contribution in [2.45, 2.75) is 11.0 Å². The standard InChI is InChI=1S/C19H13Cl2N3O2S3/c1-26-14-7-6-12(21)8-13(14)24-16-15(29-19(24)27)17(25)23-18(22-16)28-9-10-2-4-11(20)5-3-10/h2-8,15H,9H2,1H3. The molecule has 0 aliphatic carbocycles. The van der Waals surface area contributed by atoms with Crippen molar-refractivity contribution in [1.82, 2.24) is 0 Å². The van der Waals surface area contributed by atoms with Gasteiger partial charge in [0.1, 0.15) is 15.9 Å². The minimum Gasteiger partial charge on any atom is -0.495 e. The molecule has 2 aromatic carbocycles. The van der Waals surface area contributed by atoms with E-state index in [1.54, 1.807) is 30.2 Å². The lowest BCUT2D eigenvalue weighted by atomic mass is 10.2. The van der Waals surface area contributed by atoms with E-state index in [1.807, 2.05) is 24.3 Å². The van der Waals surface area contributed by atoms with Gasteiger partial charge in [0, 0.05) is 15.8 Å². The first-order valence-electron chi connectivity index (χ1n) is 8.39. The number of benzene rings is 2. The van der Waals surface area contributed by atoms with Crippen LogP contribution >= 0.6 is 58.9 Å². The Hall–Kier alpha value is -1.58. The summed E-state index contributed by atoms with van der Waals surface area (Å²) in [6, 6.07) is 12.7. The van der Waals surface area contributed by atoms with Crippen LogP contribution in [0.15, 0.2) is 52.4 Å². The number of hydrogen-bond acceptors (Lipinski definition) is 6. The molecule has 0 N–H and O–H groups in total. The van der Waals surface area contributed by atoms with Gasteiger partial charge in [-0.25, -0.2) is 4.99 Å². The molecule has 2 aromatic rings. The molecule has 1 atom stereocenters. The maximum atomic E-state index is 12.6. The number of carbonyl (C=O) groups is 1. The molecule has 0 saturated carbocycles. The molecule has 5 nitrogen and oxygen atoms in total. The number of rotatable bonds is 4. The molecular formula is C19H13Cl2N3O2S3. The molecule has 1 unspecified atom stereocenters. The number of amides is 1. The SMILES string of the molecule is COc1ccc(Cl)cc1N1C(=S)SC2C(=O)N=C(SCc3ccc(Cl)cc3)N=C21. The van der Waals surface area contributed by atoms with Gasteiger partial charge in [0.05, 0.1) is 12.8 Å². The van der Waals surface area contributed by atoms with Crippen LogP contribution in [0.25, 0.3) is 0 Å². The maximum Gasteiger partial charge on any atom is 0.269 e. The predicted molar refractivity (Wildman–Crippen MR) is 127 cm³/mol. The third-order valence-electron chi connectivity index (χ3n) is 4.17. The molecule has 0 spiro atoms. The third-order valence-corrected chi connectivity index (χ3v) is 7.08. The van der Waals surface area contributed by atoms with E-state index in [-0.39, 0.29) is 5.91 Å². The van der Waals surface area contributed by atoms with Gasteiger partial charge >= 0.3 is 0 Å². The number of nitrogens with zero attached hydrogens (tertiary/aromatic N) is 3. The average Bonchev–Trinajstić information content (AvgIpc) is 3.04. The first-order chi connectivity index (χ1) is 14.0. The van der Waals surface area contributed by atoms with E-state index < -0.39 is 5.25 Å². The number of carbonyl (C=O) groups excluding carboxylic acids is 1. The number of hydrogen-bond donors (Lipinski definition) is 0. The fourth-order valence-corrected chi connectivity index (χ4v) is 5.30. The summed E-state index contributed by atoms with van der Waals surface area (Å²) in [5, 5.41) is 1.04. The van der Waals surface area contributed by atoms with Gasteiger partial charge < -0.3 is 4.74 Å². The van der Waals surface area contributed by atoms with Gasteiger partial charge in [-0.1, -0.05) is 71.1 Å². The van der Waals surface area contributed by atoms with Crippen LogP contribution in [-0.2, 0) is 10.5 Å². The second-order valence-corrected chi connectivity index (χ2v) is 9.59. The zero-order chi connectivity index (χ0) is 20.5. The van der Waals surface area contributed by atoms with Crippen LogP contribution in [0, 0.1) is 0 Å². The largest absolute Gasteiger partial charge is 0.495 e. The lowest BCUT2D eigenvalue weighted by Gasteiger charge is -2.23. The van der Waals surface area contributed by atoms with Crippen LogP contribution in [-0.4, -0.2) is 33.6 Å². The Balaban J connectivity index is 1.64. The second kappa shape index (κ2) is 8.65. The number of fused-ring (bicyclic) bond motifs is 1. The average molecular weight is 482 g/mol.